The number of hydrogen-bond acceptors (Lipinski definition) is 4. The number of para-hydroxylation sites is 1. The predicted octanol–water partition coefficient (Wildman–Crippen LogP) is 0.384. The van der Waals surface area contributed by atoms with Gasteiger partial charge in [-0.3, -0.25) is 4.79 Å². The fourth-order valence-corrected chi connectivity index (χ4v) is 1.09. The molecule has 2 rings (SSSR count). The molecule has 2 aromatic rings. The molecule has 0 aliphatic heterocycles. The van der Waals surface area contributed by atoms with E-state index >= 15 is 0 Å². The molecule has 0 fully saturated rings. The van der Waals surface area contributed by atoms with Gasteiger partial charge in [-0.1, -0.05) is 12.1 Å². The van der Waals surface area contributed by atoms with Crippen molar-refractivity contribution in [3.63, 3.8) is 0 Å². The van der Waals surface area contributed by atoms with Crippen molar-refractivity contribution >= 4 is 16.9 Å². The van der Waals surface area contributed by atoms with Crippen molar-refractivity contribution in [2.45, 2.75) is 0 Å². The van der Waals surface area contributed by atoms with Crippen LogP contribution in [-0.2, 0) is 0 Å². The number of benzene rings is 1. The van der Waals surface area contributed by atoms with Crippen LogP contribution in [0.4, 0.5) is 0 Å². The van der Waals surface area contributed by atoms with Crippen LogP contribution in [0.25, 0.3) is 11.0 Å². The fourth-order valence-electron chi connectivity index (χ4n) is 1.09. The number of fused-ring (bicyclic) bond motifs is 1. The highest BCUT2D eigenvalue weighted by atomic mass is 16.2. The molecular weight excluding hydrogens is 180 g/mol. The van der Waals surface area contributed by atoms with E-state index in [1.807, 2.05) is 12.1 Å². The second kappa shape index (κ2) is 3.37. The molecule has 5 nitrogen and oxygen atoms in total. The van der Waals surface area contributed by atoms with E-state index in [1.165, 1.54) is 7.05 Å². The summed E-state index contributed by atoms with van der Waals surface area (Å²) in [4.78, 5) is 15.2. The van der Waals surface area contributed by atoms with Crippen molar-refractivity contribution in [3.8, 4) is 0 Å². The van der Waals surface area contributed by atoms with E-state index in [1.54, 1.807) is 12.1 Å². The van der Waals surface area contributed by atoms with Crippen LogP contribution in [0.15, 0.2) is 24.3 Å². The topological polar surface area (TPSA) is 67.8 Å². The predicted molar refractivity (Wildman–Crippen MR) is 50.7 cm³/mol. The zero-order chi connectivity index (χ0) is 9.97. The molecule has 5 heteroatoms. The summed E-state index contributed by atoms with van der Waals surface area (Å²) in [5.41, 5.74) is 1.35. The molecule has 1 N–H and O–H groups in total. The summed E-state index contributed by atoms with van der Waals surface area (Å²) in [5.74, 6) is -0.241. The first-order valence-electron chi connectivity index (χ1n) is 4.13. The van der Waals surface area contributed by atoms with Crippen molar-refractivity contribution in [2.75, 3.05) is 7.05 Å². The van der Waals surface area contributed by atoms with Crippen molar-refractivity contribution in [3.05, 3.63) is 30.1 Å². The van der Waals surface area contributed by atoms with Gasteiger partial charge in [0.15, 0.2) is 0 Å². The zero-order valence-electron chi connectivity index (χ0n) is 7.56. The van der Waals surface area contributed by atoms with Crippen molar-refractivity contribution in [1.29, 1.82) is 0 Å². The molecule has 0 bridgehead atoms. The van der Waals surface area contributed by atoms with Crippen LogP contribution < -0.4 is 5.32 Å². The van der Waals surface area contributed by atoms with Crippen LogP contribution in [0.1, 0.15) is 10.6 Å². The molecule has 0 unspecified atom stereocenters. The quantitative estimate of drug-likeness (QED) is 0.702. The minimum absolute atomic E-state index is 0.0891. The van der Waals surface area contributed by atoms with E-state index in [0.29, 0.717) is 11.0 Å². The van der Waals surface area contributed by atoms with Crippen molar-refractivity contribution in [1.82, 2.24) is 20.5 Å². The minimum atomic E-state index is -0.330. The Balaban J connectivity index is 2.56. The van der Waals surface area contributed by atoms with E-state index in [4.69, 9.17) is 0 Å². The minimum Gasteiger partial charge on any atom is -0.352 e. The molecule has 1 amide bonds. The lowest BCUT2D eigenvalue weighted by molar-refractivity contribution is 0.0952. The summed E-state index contributed by atoms with van der Waals surface area (Å²) in [6.07, 6.45) is 0. The molecule has 1 heterocycles. The van der Waals surface area contributed by atoms with Gasteiger partial charge in [-0.2, -0.15) is 0 Å². The molecule has 70 valence electrons. The monoisotopic (exact) mass is 188 g/mol. The standard InChI is InChI=1S/C9H8N4O/c1-10-9(14)8-11-6-4-2-3-5-7(6)12-13-8/h2-5H,1H3,(H,10,14). The lowest BCUT2D eigenvalue weighted by atomic mass is 10.3. The number of hydrogen-bond donors (Lipinski definition) is 1. The number of amides is 1. The Kier molecular flexibility index (Phi) is 2.06. The molecule has 0 radical (unpaired) electrons. The maximum Gasteiger partial charge on any atom is 0.290 e. The van der Waals surface area contributed by atoms with Gasteiger partial charge in [0.25, 0.3) is 5.91 Å². The van der Waals surface area contributed by atoms with Crippen molar-refractivity contribution in [2.24, 2.45) is 0 Å². The number of rotatable bonds is 1. The number of nitrogens with one attached hydrogen (secondary N) is 1. The van der Waals surface area contributed by atoms with Crippen LogP contribution >= 0.6 is 0 Å². The second-order valence-corrected chi connectivity index (χ2v) is 2.70. The highest BCUT2D eigenvalue weighted by Crippen LogP contribution is 2.05. The molecule has 1 aromatic heterocycles. The Bertz CT molecular complexity index is 483. The van der Waals surface area contributed by atoms with Crippen LogP contribution in [-0.4, -0.2) is 28.1 Å². The summed E-state index contributed by atoms with van der Waals surface area (Å²) in [7, 11) is 1.53. The first kappa shape index (κ1) is 8.55. The lowest BCUT2D eigenvalue weighted by Crippen LogP contribution is -2.21. The number of carbonyl (C=O) groups excluding carboxylic acids is 1. The Morgan fingerprint density at radius 2 is 1.93 bits per heavy atom. The second-order valence-electron chi connectivity index (χ2n) is 2.70. The Morgan fingerprint density at radius 3 is 2.64 bits per heavy atom. The van der Waals surface area contributed by atoms with E-state index < -0.39 is 0 Å². The van der Waals surface area contributed by atoms with Gasteiger partial charge in [-0.25, -0.2) is 4.98 Å². The molecular formula is C9H8N4O. The van der Waals surface area contributed by atoms with Crippen LogP contribution in [0.3, 0.4) is 0 Å². The van der Waals surface area contributed by atoms with Gasteiger partial charge >= 0.3 is 0 Å². The Morgan fingerprint density at radius 1 is 1.21 bits per heavy atom. The summed E-state index contributed by atoms with van der Waals surface area (Å²) in [6, 6.07) is 7.27. The number of aromatic nitrogens is 3. The molecule has 0 aliphatic carbocycles. The molecule has 0 aliphatic rings. The first-order chi connectivity index (χ1) is 6.81. The zero-order valence-corrected chi connectivity index (χ0v) is 7.56. The highest BCUT2D eigenvalue weighted by Gasteiger charge is 2.07. The average molecular weight is 188 g/mol. The van der Waals surface area contributed by atoms with Crippen LogP contribution in [0.5, 0.6) is 0 Å². The molecule has 0 saturated heterocycles. The van der Waals surface area contributed by atoms with Crippen LogP contribution in [0.2, 0.25) is 0 Å². The maximum absolute atomic E-state index is 11.2. The highest BCUT2D eigenvalue weighted by molar-refractivity contribution is 5.91. The number of carbonyl (C=O) groups is 1. The third-order valence-corrected chi connectivity index (χ3v) is 1.79. The SMILES string of the molecule is CNC(=O)c1nnc2ccccc2n1. The molecule has 0 spiro atoms. The molecule has 0 atom stereocenters. The van der Waals surface area contributed by atoms with E-state index in [-0.39, 0.29) is 11.7 Å². The van der Waals surface area contributed by atoms with Gasteiger partial charge in [0.1, 0.15) is 5.52 Å². The largest absolute Gasteiger partial charge is 0.352 e. The third kappa shape index (κ3) is 1.39. The van der Waals surface area contributed by atoms with Gasteiger partial charge in [0, 0.05) is 7.05 Å². The summed E-state index contributed by atoms with van der Waals surface area (Å²) >= 11 is 0. The van der Waals surface area contributed by atoms with Gasteiger partial charge < -0.3 is 5.32 Å². The molecule has 14 heavy (non-hydrogen) atoms. The number of nitrogens with zero attached hydrogens (tertiary/aromatic N) is 3. The molecule has 1 aromatic carbocycles. The average Bonchev–Trinajstić information content (AvgIpc) is 2.27. The summed E-state index contributed by atoms with van der Waals surface area (Å²) < 4.78 is 0. The van der Waals surface area contributed by atoms with E-state index in [2.05, 4.69) is 20.5 Å². The fraction of sp³-hybridized carbons (Fsp3) is 0.111. The third-order valence-electron chi connectivity index (χ3n) is 1.79. The lowest BCUT2D eigenvalue weighted by Gasteiger charge is -1.98. The Labute approximate surface area is 80.2 Å². The van der Waals surface area contributed by atoms with E-state index in [0.717, 1.165) is 0 Å². The smallest absolute Gasteiger partial charge is 0.290 e. The van der Waals surface area contributed by atoms with Gasteiger partial charge in [0.05, 0.1) is 5.52 Å². The van der Waals surface area contributed by atoms with Gasteiger partial charge in [0.2, 0.25) is 5.82 Å². The normalized spacial score (nSPS) is 10.1. The summed E-state index contributed by atoms with van der Waals surface area (Å²) in [5, 5.41) is 10.0. The van der Waals surface area contributed by atoms with Crippen molar-refractivity contribution < 1.29 is 4.79 Å². The van der Waals surface area contributed by atoms with E-state index in [9.17, 15) is 4.79 Å². The Hall–Kier alpha value is -2.04. The molecule has 0 saturated carbocycles. The maximum atomic E-state index is 11.2. The van der Waals surface area contributed by atoms with Crippen LogP contribution in [0, 0.1) is 0 Å². The van der Waals surface area contributed by atoms with Gasteiger partial charge in [-0.05, 0) is 12.1 Å². The summed E-state index contributed by atoms with van der Waals surface area (Å²) in [6.45, 7) is 0. The first-order valence-corrected chi connectivity index (χ1v) is 4.13. The van der Waals surface area contributed by atoms with Gasteiger partial charge in [-0.15, -0.1) is 10.2 Å².